The summed E-state index contributed by atoms with van der Waals surface area (Å²) in [5.41, 5.74) is 14.9. The number of nitrogens with one attached hydrogen (secondary N) is 3. The Morgan fingerprint density at radius 2 is 1.08 bits per heavy atom. The molecule has 0 bridgehead atoms. The van der Waals surface area contributed by atoms with E-state index >= 15 is 0 Å². The highest BCUT2D eigenvalue weighted by Gasteiger charge is 2.12. The molecule has 0 radical (unpaired) electrons. The molecule has 36 heavy (non-hydrogen) atoms. The number of rotatable bonds is 8. The van der Waals surface area contributed by atoms with Crippen molar-refractivity contribution in [3.63, 3.8) is 0 Å². The molecule has 0 aliphatic heterocycles. The fourth-order valence-corrected chi connectivity index (χ4v) is 4.29. The van der Waals surface area contributed by atoms with Crippen LogP contribution in [0.25, 0.3) is 0 Å². The molecule has 3 unspecified atom stereocenters. The van der Waals surface area contributed by atoms with Gasteiger partial charge in [-0.05, 0) is 86.0 Å². The van der Waals surface area contributed by atoms with Crippen LogP contribution in [-0.2, 0) is 0 Å². The van der Waals surface area contributed by atoms with Crippen molar-refractivity contribution in [1.82, 2.24) is 0 Å². The second-order valence-corrected chi connectivity index (χ2v) is 9.42. The predicted molar refractivity (Wildman–Crippen MR) is 154 cm³/mol. The topological polar surface area (TPSA) is 64.0 Å². The van der Waals surface area contributed by atoms with Crippen molar-refractivity contribution < 1.29 is 4.99 Å². The lowest BCUT2D eigenvalue weighted by Gasteiger charge is -2.19. The Morgan fingerprint density at radius 1 is 0.639 bits per heavy atom. The lowest BCUT2D eigenvalue weighted by Crippen LogP contribution is -2.73. The Bertz CT molecular complexity index is 1250. The molecule has 184 valence electrons. The van der Waals surface area contributed by atoms with Crippen molar-refractivity contribution >= 4 is 22.8 Å². The van der Waals surface area contributed by atoms with Gasteiger partial charge >= 0.3 is 0 Å². The van der Waals surface area contributed by atoms with Gasteiger partial charge in [-0.25, -0.2) is 4.99 Å². The number of anilines is 3. The Labute approximate surface area is 215 Å². The molecule has 3 atom stereocenters. The Hall–Kier alpha value is -4.05. The van der Waals surface area contributed by atoms with Crippen molar-refractivity contribution in [1.29, 1.82) is 0 Å². The van der Waals surface area contributed by atoms with Gasteiger partial charge in [-0.1, -0.05) is 42.5 Å². The molecule has 0 aromatic heterocycles. The summed E-state index contributed by atoms with van der Waals surface area (Å²) in [6.07, 6.45) is 10.6. The molecule has 0 saturated heterocycles. The number of allylic oxidation sites excluding steroid dienone is 6. The SMILES string of the molecule is CC=C1C=CC(=[NH+]C(C)c2ccc(NC(C)c3ccc(NC(C)c4ccc(N)cc4)cc3)cc2)C=C1. The molecule has 4 nitrogen and oxygen atoms in total. The molecule has 3 aromatic carbocycles. The molecular weight excluding hydrogens is 440 g/mol. The summed E-state index contributed by atoms with van der Waals surface area (Å²) in [5.74, 6) is 0. The molecule has 0 fully saturated rings. The second-order valence-electron chi connectivity index (χ2n) is 9.42. The van der Waals surface area contributed by atoms with Gasteiger partial charge in [0, 0.05) is 53.8 Å². The zero-order chi connectivity index (χ0) is 25.5. The molecule has 1 aliphatic carbocycles. The first-order valence-corrected chi connectivity index (χ1v) is 12.7. The Morgan fingerprint density at radius 3 is 1.56 bits per heavy atom. The minimum absolute atomic E-state index is 0.198. The average Bonchev–Trinajstić information content (AvgIpc) is 2.90. The van der Waals surface area contributed by atoms with Crippen molar-refractivity contribution in [3.05, 3.63) is 125 Å². The van der Waals surface area contributed by atoms with Crippen molar-refractivity contribution in [3.8, 4) is 0 Å². The minimum Gasteiger partial charge on any atom is -0.399 e. The summed E-state index contributed by atoms with van der Waals surface area (Å²) in [5, 5.41) is 7.19. The van der Waals surface area contributed by atoms with Gasteiger partial charge in [0.15, 0.2) is 11.8 Å². The fraction of sp³-hybridized carbons (Fsp3) is 0.219. The van der Waals surface area contributed by atoms with E-state index in [1.54, 1.807) is 0 Å². The molecule has 4 heteroatoms. The highest BCUT2D eigenvalue weighted by molar-refractivity contribution is 6.01. The molecule has 0 saturated carbocycles. The summed E-state index contributed by atoms with van der Waals surface area (Å²) in [6, 6.07) is 26.0. The summed E-state index contributed by atoms with van der Waals surface area (Å²) in [7, 11) is 0. The Balaban J connectivity index is 1.33. The number of hydrogen-bond donors (Lipinski definition) is 4. The van der Waals surface area contributed by atoms with Crippen LogP contribution in [0.15, 0.2) is 109 Å². The van der Waals surface area contributed by atoms with E-state index in [4.69, 9.17) is 5.73 Å². The van der Waals surface area contributed by atoms with Gasteiger partial charge in [-0.2, -0.15) is 0 Å². The molecular formula is C32H37N4+. The number of nitrogens with two attached hydrogens (primary N) is 1. The lowest BCUT2D eigenvalue weighted by molar-refractivity contribution is -0.503. The molecule has 0 heterocycles. The van der Waals surface area contributed by atoms with E-state index < -0.39 is 0 Å². The quantitative estimate of drug-likeness (QED) is 0.289. The Kier molecular flexibility index (Phi) is 8.06. The number of nitrogen functional groups attached to an aromatic ring is 1. The summed E-state index contributed by atoms with van der Waals surface area (Å²) in [6.45, 7) is 8.59. The first kappa shape index (κ1) is 25.1. The molecule has 4 rings (SSSR count). The van der Waals surface area contributed by atoms with Crippen molar-refractivity contribution in [2.45, 2.75) is 45.8 Å². The standard InChI is InChI=1S/C32H36N4/c1-5-25-6-16-30(17-7-25)34-23(3)27-10-20-32(21-11-27)36-24(4)28-12-18-31(19-13-28)35-22(2)26-8-14-29(33)15-9-26/h5-24,35-36H,33H2,1-4H3/p+1. The molecule has 1 aliphatic rings. The highest BCUT2D eigenvalue weighted by Crippen LogP contribution is 2.24. The summed E-state index contributed by atoms with van der Waals surface area (Å²) < 4.78 is 0. The van der Waals surface area contributed by atoms with E-state index in [1.807, 2.05) is 12.1 Å². The smallest absolute Gasteiger partial charge is 0.198 e. The number of hydrogen-bond acceptors (Lipinski definition) is 3. The van der Waals surface area contributed by atoms with Gasteiger partial charge in [-0.3, -0.25) is 0 Å². The first-order valence-electron chi connectivity index (χ1n) is 12.7. The summed E-state index contributed by atoms with van der Waals surface area (Å²) in [4.78, 5) is 3.58. The number of benzene rings is 3. The largest absolute Gasteiger partial charge is 0.399 e. The van der Waals surface area contributed by atoms with Gasteiger partial charge in [0.25, 0.3) is 0 Å². The fourth-order valence-electron chi connectivity index (χ4n) is 4.29. The van der Waals surface area contributed by atoms with Crippen LogP contribution in [0.5, 0.6) is 0 Å². The third-order valence-electron chi connectivity index (χ3n) is 6.65. The van der Waals surface area contributed by atoms with Gasteiger partial charge < -0.3 is 16.4 Å². The summed E-state index contributed by atoms with van der Waals surface area (Å²) >= 11 is 0. The van der Waals surface area contributed by atoms with E-state index in [2.05, 4.69) is 134 Å². The lowest BCUT2D eigenvalue weighted by atomic mass is 10.0. The maximum Gasteiger partial charge on any atom is 0.198 e. The van der Waals surface area contributed by atoms with E-state index in [0.29, 0.717) is 0 Å². The van der Waals surface area contributed by atoms with E-state index in [-0.39, 0.29) is 18.1 Å². The molecule has 3 aromatic rings. The normalized spacial score (nSPS) is 15.2. The molecule has 5 N–H and O–H groups in total. The monoisotopic (exact) mass is 477 g/mol. The van der Waals surface area contributed by atoms with E-state index in [1.165, 1.54) is 22.3 Å². The zero-order valence-corrected chi connectivity index (χ0v) is 21.6. The third kappa shape index (κ3) is 6.54. The predicted octanol–water partition coefficient (Wildman–Crippen LogP) is 6.27. The van der Waals surface area contributed by atoms with Crippen LogP contribution in [0.4, 0.5) is 17.1 Å². The van der Waals surface area contributed by atoms with Crippen LogP contribution in [0.1, 0.15) is 62.5 Å². The van der Waals surface area contributed by atoms with Crippen LogP contribution >= 0.6 is 0 Å². The van der Waals surface area contributed by atoms with Crippen molar-refractivity contribution in [2.75, 3.05) is 16.4 Å². The van der Waals surface area contributed by atoms with Crippen LogP contribution in [0, 0.1) is 0 Å². The third-order valence-corrected chi connectivity index (χ3v) is 6.65. The van der Waals surface area contributed by atoms with Crippen LogP contribution in [0.2, 0.25) is 0 Å². The average molecular weight is 478 g/mol. The van der Waals surface area contributed by atoms with E-state index in [9.17, 15) is 0 Å². The van der Waals surface area contributed by atoms with Crippen LogP contribution in [-0.4, -0.2) is 5.71 Å². The molecule has 0 spiro atoms. The van der Waals surface area contributed by atoms with Gasteiger partial charge in [-0.15, -0.1) is 0 Å². The van der Waals surface area contributed by atoms with E-state index in [0.717, 1.165) is 22.8 Å². The van der Waals surface area contributed by atoms with Gasteiger partial charge in [0.2, 0.25) is 0 Å². The minimum atomic E-state index is 0.198. The van der Waals surface area contributed by atoms with Crippen molar-refractivity contribution in [2.24, 2.45) is 0 Å². The van der Waals surface area contributed by atoms with Crippen LogP contribution < -0.4 is 21.4 Å². The van der Waals surface area contributed by atoms with Gasteiger partial charge in [0.05, 0.1) is 0 Å². The maximum absolute atomic E-state index is 5.81. The molecule has 0 amide bonds. The second kappa shape index (κ2) is 11.6. The first-order chi connectivity index (χ1) is 17.4. The highest BCUT2D eigenvalue weighted by atomic mass is 14.9. The zero-order valence-electron chi connectivity index (χ0n) is 21.6. The van der Waals surface area contributed by atoms with Gasteiger partial charge in [0.1, 0.15) is 0 Å². The van der Waals surface area contributed by atoms with Crippen LogP contribution in [0.3, 0.4) is 0 Å². The maximum atomic E-state index is 5.81.